The van der Waals surface area contributed by atoms with Crippen LogP contribution in [-0.2, 0) is 0 Å². The lowest BCUT2D eigenvalue weighted by Crippen LogP contribution is -2.24. The Morgan fingerprint density at radius 3 is 0.909 bits per heavy atom. The molecule has 1 aromatic rings. The average molecular weight is 310 g/mol. The van der Waals surface area contributed by atoms with E-state index in [9.17, 15) is 28.8 Å². The maximum Gasteiger partial charge on any atom is 0.337 e. The molecule has 0 aliphatic rings. The molecule has 1 aromatic carbocycles. The van der Waals surface area contributed by atoms with E-state index in [0.29, 0.717) is 0 Å². The topological polar surface area (TPSA) is 183 Å². The third-order valence-corrected chi connectivity index (χ3v) is 2.67. The second kappa shape index (κ2) is 5.83. The summed E-state index contributed by atoms with van der Waals surface area (Å²) in [6.45, 7) is 0. The first-order valence-electron chi connectivity index (χ1n) is 5.26. The summed E-state index contributed by atoms with van der Waals surface area (Å²) in [5.74, 6) is -8.14. The van der Waals surface area contributed by atoms with Crippen LogP contribution in [0.3, 0.4) is 0 Å². The maximum atomic E-state index is 11.2. The SMILES string of the molecule is O=Cc1c(C=O)c(C(=O)O)c(C(=O)O)c(C(=O)O)c1C(=O)O. The molecule has 0 saturated heterocycles. The first-order chi connectivity index (χ1) is 10.2. The van der Waals surface area contributed by atoms with Gasteiger partial charge in [-0.1, -0.05) is 0 Å². The Kier molecular flexibility index (Phi) is 4.37. The number of aromatic carboxylic acids is 4. The third-order valence-electron chi connectivity index (χ3n) is 2.67. The minimum atomic E-state index is -2.07. The van der Waals surface area contributed by atoms with Crippen LogP contribution < -0.4 is 0 Å². The van der Waals surface area contributed by atoms with Gasteiger partial charge < -0.3 is 20.4 Å². The smallest absolute Gasteiger partial charge is 0.337 e. The van der Waals surface area contributed by atoms with Gasteiger partial charge in [-0.3, -0.25) is 9.59 Å². The number of carbonyl (C=O) groups is 6. The monoisotopic (exact) mass is 310 g/mol. The van der Waals surface area contributed by atoms with Gasteiger partial charge in [0.25, 0.3) is 0 Å². The number of hydrogen-bond acceptors (Lipinski definition) is 6. The second-order valence-electron chi connectivity index (χ2n) is 3.78. The minimum absolute atomic E-state index is 0.225. The van der Waals surface area contributed by atoms with E-state index in [-0.39, 0.29) is 12.6 Å². The molecular weight excluding hydrogens is 304 g/mol. The number of benzene rings is 1. The standard InChI is InChI=1S/C12H6O10/c13-1-3-4(2-14)6(10(17)18)8(12(21)22)7(11(19)20)5(3)9(15)16/h1-2H,(H,15,16)(H,17,18)(H,19,20)(H,21,22). The molecule has 0 amide bonds. The zero-order chi connectivity index (χ0) is 17.2. The van der Waals surface area contributed by atoms with Gasteiger partial charge in [0.05, 0.1) is 22.3 Å². The highest BCUT2D eigenvalue weighted by atomic mass is 16.4. The van der Waals surface area contributed by atoms with Crippen molar-refractivity contribution in [1.29, 1.82) is 0 Å². The van der Waals surface area contributed by atoms with E-state index in [1.807, 2.05) is 0 Å². The molecule has 0 heterocycles. The summed E-state index contributed by atoms with van der Waals surface area (Å²) in [4.78, 5) is 66.6. The largest absolute Gasteiger partial charge is 0.478 e. The van der Waals surface area contributed by atoms with Crippen LogP contribution in [0.2, 0.25) is 0 Å². The van der Waals surface area contributed by atoms with Gasteiger partial charge in [0.2, 0.25) is 0 Å². The highest BCUT2D eigenvalue weighted by molar-refractivity contribution is 6.20. The van der Waals surface area contributed by atoms with Crippen LogP contribution in [0.25, 0.3) is 0 Å². The molecule has 10 nitrogen and oxygen atoms in total. The molecule has 0 unspecified atom stereocenters. The lowest BCUT2D eigenvalue weighted by molar-refractivity contribution is 0.0617. The normalized spacial score (nSPS) is 9.82. The predicted molar refractivity (Wildman–Crippen MR) is 65.1 cm³/mol. The molecule has 4 N–H and O–H groups in total. The fourth-order valence-electron chi connectivity index (χ4n) is 1.91. The molecule has 22 heavy (non-hydrogen) atoms. The van der Waals surface area contributed by atoms with Crippen LogP contribution in [0, 0.1) is 0 Å². The lowest BCUT2D eigenvalue weighted by Gasteiger charge is -2.14. The first-order valence-corrected chi connectivity index (χ1v) is 5.26. The molecular formula is C12H6O10. The van der Waals surface area contributed by atoms with Crippen molar-refractivity contribution in [3.05, 3.63) is 33.4 Å². The number of hydrogen-bond donors (Lipinski definition) is 4. The molecule has 0 bridgehead atoms. The quantitative estimate of drug-likeness (QED) is 0.525. The summed E-state index contributed by atoms with van der Waals surface area (Å²) in [6.07, 6.45) is -0.449. The summed E-state index contributed by atoms with van der Waals surface area (Å²) < 4.78 is 0. The van der Waals surface area contributed by atoms with Crippen LogP contribution in [-0.4, -0.2) is 56.9 Å². The Hall–Kier alpha value is -3.56. The van der Waals surface area contributed by atoms with E-state index >= 15 is 0 Å². The van der Waals surface area contributed by atoms with E-state index in [1.165, 1.54) is 0 Å². The highest BCUT2D eigenvalue weighted by Crippen LogP contribution is 2.27. The summed E-state index contributed by atoms with van der Waals surface area (Å²) in [6, 6.07) is 0. The Morgan fingerprint density at radius 2 is 0.773 bits per heavy atom. The van der Waals surface area contributed by atoms with Crippen LogP contribution in [0.4, 0.5) is 0 Å². The van der Waals surface area contributed by atoms with Crippen molar-refractivity contribution in [2.75, 3.05) is 0 Å². The van der Waals surface area contributed by atoms with Gasteiger partial charge in [-0.2, -0.15) is 0 Å². The molecule has 0 aliphatic heterocycles. The van der Waals surface area contributed by atoms with Crippen molar-refractivity contribution < 1.29 is 49.2 Å². The van der Waals surface area contributed by atoms with E-state index in [0.717, 1.165) is 0 Å². The molecule has 0 spiro atoms. The van der Waals surface area contributed by atoms with Crippen LogP contribution in [0.1, 0.15) is 62.1 Å². The molecule has 0 fully saturated rings. The lowest BCUT2D eigenvalue weighted by atomic mass is 9.87. The predicted octanol–water partition coefficient (Wildman–Crippen LogP) is 0.104. The molecule has 0 atom stereocenters. The average Bonchev–Trinajstić information content (AvgIpc) is 2.42. The van der Waals surface area contributed by atoms with Gasteiger partial charge in [-0.05, 0) is 0 Å². The Labute approximate surface area is 120 Å². The van der Waals surface area contributed by atoms with E-state index in [1.54, 1.807) is 0 Å². The Balaban J connectivity index is 4.35. The first kappa shape index (κ1) is 16.5. The molecule has 0 radical (unpaired) electrons. The summed E-state index contributed by atoms with van der Waals surface area (Å²) in [5.41, 5.74) is -7.39. The number of carbonyl (C=O) groups excluding carboxylic acids is 2. The van der Waals surface area contributed by atoms with Gasteiger partial charge in [0.1, 0.15) is 0 Å². The minimum Gasteiger partial charge on any atom is -0.478 e. The zero-order valence-corrected chi connectivity index (χ0v) is 10.4. The van der Waals surface area contributed by atoms with Crippen LogP contribution >= 0.6 is 0 Å². The van der Waals surface area contributed by atoms with Crippen molar-refractivity contribution in [2.45, 2.75) is 0 Å². The third kappa shape index (κ3) is 2.40. The molecule has 10 heteroatoms. The van der Waals surface area contributed by atoms with Crippen LogP contribution in [0.5, 0.6) is 0 Å². The number of rotatable bonds is 6. The van der Waals surface area contributed by atoms with Gasteiger partial charge in [-0.25, -0.2) is 19.2 Å². The van der Waals surface area contributed by atoms with E-state index < -0.39 is 57.3 Å². The Bertz CT molecular complexity index is 680. The number of carboxylic acids is 4. The molecule has 0 saturated carbocycles. The van der Waals surface area contributed by atoms with Crippen molar-refractivity contribution in [3.63, 3.8) is 0 Å². The highest BCUT2D eigenvalue weighted by Gasteiger charge is 2.35. The number of aldehydes is 2. The number of carboxylic acid groups (broad SMARTS) is 4. The van der Waals surface area contributed by atoms with Crippen molar-refractivity contribution >= 4 is 36.4 Å². The maximum absolute atomic E-state index is 11.2. The van der Waals surface area contributed by atoms with Gasteiger partial charge in [0.15, 0.2) is 12.6 Å². The Morgan fingerprint density at radius 1 is 0.545 bits per heavy atom. The second-order valence-corrected chi connectivity index (χ2v) is 3.78. The van der Waals surface area contributed by atoms with E-state index in [4.69, 9.17) is 20.4 Å². The summed E-state index contributed by atoms with van der Waals surface area (Å²) in [5, 5.41) is 36.0. The molecule has 1 rings (SSSR count). The fraction of sp³-hybridized carbons (Fsp3) is 0. The van der Waals surface area contributed by atoms with Crippen LogP contribution in [0.15, 0.2) is 0 Å². The van der Waals surface area contributed by atoms with Crippen molar-refractivity contribution in [3.8, 4) is 0 Å². The van der Waals surface area contributed by atoms with Gasteiger partial charge >= 0.3 is 23.9 Å². The molecule has 0 aromatic heterocycles. The van der Waals surface area contributed by atoms with E-state index in [2.05, 4.69) is 0 Å². The van der Waals surface area contributed by atoms with Crippen molar-refractivity contribution in [2.24, 2.45) is 0 Å². The van der Waals surface area contributed by atoms with Gasteiger partial charge in [-0.15, -0.1) is 0 Å². The van der Waals surface area contributed by atoms with Crippen molar-refractivity contribution in [1.82, 2.24) is 0 Å². The molecule has 114 valence electrons. The summed E-state index contributed by atoms with van der Waals surface area (Å²) >= 11 is 0. The fourth-order valence-corrected chi connectivity index (χ4v) is 1.91. The molecule has 0 aliphatic carbocycles. The van der Waals surface area contributed by atoms with Gasteiger partial charge in [0, 0.05) is 11.1 Å². The zero-order valence-electron chi connectivity index (χ0n) is 10.4. The summed E-state index contributed by atoms with van der Waals surface area (Å²) in [7, 11) is 0.